The van der Waals surface area contributed by atoms with E-state index in [0.29, 0.717) is 10.2 Å². The minimum absolute atomic E-state index is 0.167. The number of rotatable bonds is 4. The first-order valence-electron chi connectivity index (χ1n) is 5.69. The second kappa shape index (κ2) is 6.26. The van der Waals surface area contributed by atoms with E-state index in [4.69, 9.17) is 5.73 Å². The fraction of sp³-hybridized carbons (Fsp3) is 0.0769. The largest absolute Gasteiger partial charge is 0.326 e. The zero-order valence-corrected chi connectivity index (χ0v) is 14.3. The molecule has 0 atom stereocenters. The molecule has 0 aliphatic rings. The first-order valence-corrected chi connectivity index (χ1v) is 8.76. The summed E-state index contributed by atoms with van der Waals surface area (Å²) < 4.78 is 28.6. The summed E-state index contributed by atoms with van der Waals surface area (Å²) in [5.41, 5.74) is 6.79. The van der Waals surface area contributed by atoms with Crippen LogP contribution in [0.15, 0.2) is 56.3 Å². The molecule has 2 aromatic rings. The fourth-order valence-corrected chi connectivity index (χ4v) is 4.11. The van der Waals surface area contributed by atoms with Crippen molar-refractivity contribution in [3.63, 3.8) is 0 Å². The van der Waals surface area contributed by atoms with Crippen LogP contribution >= 0.6 is 31.9 Å². The highest BCUT2D eigenvalue weighted by Crippen LogP contribution is 2.26. The Morgan fingerprint density at radius 2 is 1.85 bits per heavy atom. The summed E-state index contributed by atoms with van der Waals surface area (Å²) in [5.74, 6) is 0. The van der Waals surface area contributed by atoms with Gasteiger partial charge in [0.25, 0.3) is 10.0 Å². The van der Waals surface area contributed by atoms with Gasteiger partial charge in [-0.05, 0) is 51.8 Å². The molecular weight excluding hydrogens is 408 g/mol. The van der Waals surface area contributed by atoms with Gasteiger partial charge in [-0.15, -0.1) is 0 Å². The van der Waals surface area contributed by atoms with Gasteiger partial charge >= 0.3 is 0 Å². The van der Waals surface area contributed by atoms with E-state index in [1.165, 1.54) is 0 Å². The van der Waals surface area contributed by atoms with Gasteiger partial charge < -0.3 is 5.73 Å². The van der Waals surface area contributed by atoms with Gasteiger partial charge in [0.15, 0.2) is 0 Å². The summed E-state index contributed by atoms with van der Waals surface area (Å²) in [6.07, 6.45) is 0. The van der Waals surface area contributed by atoms with E-state index in [0.717, 1.165) is 10.0 Å². The van der Waals surface area contributed by atoms with E-state index in [1.54, 1.807) is 36.4 Å². The van der Waals surface area contributed by atoms with Crippen molar-refractivity contribution in [2.45, 2.75) is 11.4 Å². The maximum Gasteiger partial charge on any atom is 0.263 e. The minimum atomic E-state index is -3.67. The molecule has 3 N–H and O–H groups in total. The van der Waals surface area contributed by atoms with Crippen molar-refractivity contribution in [2.75, 3.05) is 4.72 Å². The van der Waals surface area contributed by atoms with Crippen LogP contribution < -0.4 is 10.5 Å². The number of hydrogen-bond donors (Lipinski definition) is 2. The first-order chi connectivity index (χ1) is 9.42. The average molecular weight is 420 g/mol. The van der Waals surface area contributed by atoms with E-state index in [-0.39, 0.29) is 11.4 Å². The number of sulfonamides is 1. The van der Waals surface area contributed by atoms with Crippen LogP contribution in [0.5, 0.6) is 0 Å². The van der Waals surface area contributed by atoms with Gasteiger partial charge in [-0.25, -0.2) is 8.42 Å². The smallest absolute Gasteiger partial charge is 0.263 e. The number of hydrogen-bond acceptors (Lipinski definition) is 3. The van der Waals surface area contributed by atoms with Crippen LogP contribution in [0.2, 0.25) is 0 Å². The highest BCUT2D eigenvalue weighted by atomic mass is 79.9. The lowest BCUT2D eigenvalue weighted by Crippen LogP contribution is -2.14. The van der Waals surface area contributed by atoms with Crippen LogP contribution in [0.1, 0.15) is 5.56 Å². The zero-order valence-electron chi connectivity index (χ0n) is 10.3. The molecule has 0 fully saturated rings. The molecule has 0 aromatic heterocycles. The minimum Gasteiger partial charge on any atom is -0.326 e. The molecule has 0 saturated carbocycles. The number of benzene rings is 2. The molecule has 0 radical (unpaired) electrons. The molecule has 2 rings (SSSR count). The van der Waals surface area contributed by atoms with Crippen LogP contribution in [0.25, 0.3) is 0 Å². The SMILES string of the molecule is NCc1ccc(Br)c(S(=O)(=O)Nc2cccc(Br)c2)c1. The van der Waals surface area contributed by atoms with E-state index in [2.05, 4.69) is 36.6 Å². The van der Waals surface area contributed by atoms with Crippen LogP contribution in [0, 0.1) is 0 Å². The quantitative estimate of drug-likeness (QED) is 0.796. The molecule has 0 aliphatic carbocycles. The highest BCUT2D eigenvalue weighted by Gasteiger charge is 2.18. The summed E-state index contributed by atoms with van der Waals surface area (Å²) in [6, 6.07) is 12.0. The average Bonchev–Trinajstić information content (AvgIpc) is 2.38. The van der Waals surface area contributed by atoms with Crippen molar-refractivity contribution >= 4 is 47.6 Å². The molecule has 4 nitrogen and oxygen atoms in total. The maximum absolute atomic E-state index is 12.4. The van der Waals surface area contributed by atoms with Gasteiger partial charge in [0, 0.05) is 21.2 Å². The first kappa shape index (κ1) is 15.5. The highest BCUT2D eigenvalue weighted by molar-refractivity contribution is 9.10. The normalized spacial score (nSPS) is 11.3. The van der Waals surface area contributed by atoms with E-state index >= 15 is 0 Å². The van der Waals surface area contributed by atoms with Gasteiger partial charge in [-0.3, -0.25) is 4.72 Å². The topological polar surface area (TPSA) is 72.2 Å². The Bertz CT molecular complexity index is 733. The maximum atomic E-state index is 12.4. The molecular formula is C13H12Br2N2O2S. The molecule has 7 heteroatoms. The Kier molecular flexibility index (Phi) is 4.85. The third-order valence-electron chi connectivity index (χ3n) is 2.60. The van der Waals surface area contributed by atoms with Gasteiger partial charge in [0.05, 0.1) is 0 Å². The third kappa shape index (κ3) is 3.60. The summed E-state index contributed by atoms with van der Waals surface area (Å²) in [6.45, 7) is 0.284. The van der Waals surface area contributed by atoms with Crippen molar-refractivity contribution in [3.8, 4) is 0 Å². The van der Waals surface area contributed by atoms with Crippen LogP contribution in [-0.4, -0.2) is 8.42 Å². The van der Waals surface area contributed by atoms with Crippen molar-refractivity contribution in [2.24, 2.45) is 5.73 Å². The van der Waals surface area contributed by atoms with Gasteiger partial charge in [0.2, 0.25) is 0 Å². The molecule has 0 amide bonds. The standard InChI is InChI=1S/C13H12Br2N2O2S/c14-10-2-1-3-11(7-10)17-20(18,19)13-6-9(8-16)4-5-12(13)15/h1-7,17H,8,16H2. The molecule has 0 bridgehead atoms. The summed E-state index contributed by atoms with van der Waals surface area (Å²) >= 11 is 6.56. The lowest BCUT2D eigenvalue weighted by Gasteiger charge is -2.11. The van der Waals surface area contributed by atoms with E-state index < -0.39 is 10.0 Å². The molecule has 0 aliphatic heterocycles. The van der Waals surface area contributed by atoms with Crippen molar-refractivity contribution < 1.29 is 8.42 Å². The van der Waals surface area contributed by atoms with Gasteiger partial charge in [-0.1, -0.05) is 28.1 Å². The van der Waals surface area contributed by atoms with Crippen LogP contribution in [0.3, 0.4) is 0 Å². The summed E-state index contributed by atoms with van der Waals surface area (Å²) in [5, 5.41) is 0. The van der Waals surface area contributed by atoms with Crippen molar-refractivity contribution in [3.05, 3.63) is 57.0 Å². The van der Waals surface area contributed by atoms with Crippen molar-refractivity contribution in [1.82, 2.24) is 0 Å². The van der Waals surface area contributed by atoms with Crippen LogP contribution in [0.4, 0.5) is 5.69 Å². The predicted molar refractivity (Wildman–Crippen MR) is 87.0 cm³/mol. The Hall–Kier alpha value is -0.890. The molecule has 0 spiro atoms. The summed E-state index contributed by atoms with van der Waals surface area (Å²) in [4.78, 5) is 0.167. The van der Waals surface area contributed by atoms with Gasteiger partial charge in [0.1, 0.15) is 4.90 Å². The lowest BCUT2D eigenvalue weighted by atomic mass is 10.2. The van der Waals surface area contributed by atoms with Crippen LogP contribution in [-0.2, 0) is 16.6 Å². The van der Waals surface area contributed by atoms with Crippen molar-refractivity contribution in [1.29, 1.82) is 0 Å². The number of anilines is 1. The third-order valence-corrected chi connectivity index (χ3v) is 5.47. The van der Waals surface area contributed by atoms with Gasteiger partial charge in [-0.2, -0.15) is 0 Å². The molecule has 20 heavy (non-hydrogen) atoms. The molecule has 106 valence electrons. The second-order valence-corrected chi connectivity index (χ2v) is 7.51. The number of halogens is 2. The Balaban J connectivity index is 2.40. The second-order valence-electron chi connectivity index (χ2n) is 4.08. The zero-order chi connectivity index (χ0) is 14.8. The number of nitrogens with two attached hydrogens (primary N) is 1. The Morgan fingerprint density at radius 1 is 1.10 bits per heavy atom. The number of nitrogens with one attached hydrogen (secondary N) is 1. The Labute approximate surface area is 134 Å². The molecule has 2 aromatic carbocycles. The van der Waals surface area contributed by atoms with E-state index in [9.17, 15) is 8.42 Å². The lowest BCUT2D eigenvalue weighted by molar-refractivity contribution is 0.600. The fourth-order valence-electron chi connectivity index (χ4n) is 1.64. The molecule has 0 saturated heterocycles. The monoisotopic (exact) mass is 418 g/mol. The molecule has 0 heterocycles. The summed E-state index contributed by atoms with van der Waals surface area (Å²) in [7, 11) is -3.67. The molecule has 0 unspecified atom stereocenters. The Morgan fingerprint density at radius 3 is 2.50 bits per heavy atom. The predicted octanol–water partition coefficient (Wildman–Crippen LogP) is 3.47. The van der Waals surface area contributed by atoms with E-state index in [1.807, 2.05) is 6.07 Å².